The van der Waals surface area contributed by atoms with E-state index in [4.69, 9.17) is 9.97 Å². The smallest absolute Gasteiger partial charge is 0.126 e. The largest absolute Gasteiger partial charge is 0.233 e. The minimum absolute atomic E-state index is 0.0213. The lowest BCUT2D eigenvalue weighted by Gasteiger charge is -2.22. The third kappa shape index (κ3) is 2.31. The normalized spacial score (nSPS) is 14.1. The van der Waals surface area contributed by atoms with Crippen molar-refractivity contribution < 1.29 is 0 Å². The summed E-state index contributed by atoms with van der Waals surface area (Å²) in [6.45, 7) is 6.62. The molecule has 0 fully saturated rings. The zero-order valence-electron chi connectivity index (χ0n) is 17.4. The number of rotatable bonds is 1. The fourth-order valence-corrected chi connectivity index (χ4v) is 5.05. The summed E-state index contributed by atoms with van der Waals surface area (Å²) < 4.78 is 0. The van der Waals surface area contributed by atoms with Gasteiger partial charge in [-0.1, -0.05) is 80.6 Å². The number of hydrogen-bond donors (Lipinski definition) is 0. The van der Waals surface area contributed by atoms with Crippen molar-refractivity contribution in [1.29, 1.82) is 0 Å². The van der Waals surface area contributed by atoms with Crippen molar-refractivity contribution in [1.82, 2.24) is 9.97 Å². The Morgan fingerprint density at radius 1 is 0.667 bits per heavy atom. The van der Waals surface area contributed by atoms with Crippen molar-refractivity contribution in [2.45, 2.75) is 26.2 Å². The summed E-state index contributed by atoms with van der Waals surface area (Å²) in [5, 5.41) is 3.49. The summed E-state index contributed by atoms with van der Waals surface area (Å²) in [6, 6.07) is 28.4. The first kappa shape index (κ1) is 17.3. The fraction of sp³-hybridized carbons (Fsp3) is 0.143. The van der Waals surface area contributed by atoms with Crippen molar-refractivity contribution in [2.24, 2.45) is 0 Å². The lowest BCUT2D eigenvalue weighted by atomic mass is 9.82. The topological polar surface area (TPSA) is 25.8 Å². The van der Waals surface area contributed by atoms with Crippen LogP contribution in [0.4, 0.5) is 0 Å². The van der Waals surface area contributed by atoms with Gasteiger partial charge in [-0.05, 0) is 46.7 Å². The molecule has 30 heavy (non-hydrogen) atoms. The van der Waals surface area contributed by atoms with E-state index in [1.165, 1.54) is 33.0 Å². The van der Waals surface area contributed by atoms with Gasteiger partial charge >= 0.3 is 0 Å². The van der Waals surface area contributed by atoms with Gasteiger partial charge in [0, 0.05) is 21.8 Å². The fourth-order valence-electron chi connectivity index (χ4n) is 5.05. The summed E-state index contributed by atoms with van der Waals surface area (Å²) in [6.07, 6.45) is 0. The third-order valence-corrected chi connectivity index (χ3v) is 6.56. The minimum Gasteiger partial charge on any atom is -0.233 e. The van der Waals surface area contributed by atoms with Crippen LogP contribution in [0.3, 0.4) is 0 Å². The van der Waals surface area contributed by atoms with E-state index in [-0.39, 0.29) is 5.41 Å². The van der Waals surface area contributed by atoms with E-state index in [0.717, 1.165) is 28.0 Å². The molecule has 0 unspecified atom stereocenters. The second kappa shape index (κ2) is 5.99. The number of nitrogens with zero attached hydrogens (tertiary/aromatic N) is 2. The molecule has 0 amide bonds. The molecule has 0 spiro atoms. The molecule has 1 heterocycles. The van der Waals surface area contributed by atoms with Gasteiger partial charge in [-0.25, -0.2) is 9.97 Å². The molecule has 0 N–H and O–H groups in total. The van der Waals surface area contributed by atoms with Crippen LogP contribution in [0.25, 0.3) is 44.1 Å². The van der Waals surface area contributed by atoms with Gasteiger partial charge in [0.05, 0.1) is 11.2 Å². The Labute approximate surface area is 176 Å². The maximum absolute atomic E-state index is 4.89. The van der Waals surface area contributed by atoms with Gasteiger partial charge in [0.25, 0.3) is 0 Å². The second-order valence-electron chi connectivity index (χ2n) is 8.73. The van der Waals surface area contributed by atoms with E-state index in [9.17, 15) is 0 Å². The Morgan fingerprint density at radius 3 is 2.33 bits per heavy atom. The maximum Gasteiger partial charge on any atom is 0.126 e. The average Bonchev–Trinajstić information content (AvgIpc) is 3.00. The molecule has 0 atom stereocenters. The molecule has 0 radical (unpaired) electrons. The molecule has 6 rings (SSSR count). The van der Waals surface area contributed by atoms with Crippen molar-refractivity contribution in [3.05, 3.63) is 95.8 Å². The highest BCUT2D eigenvalue weighted by Crippen LogP contribution is 2.49. The van der Waals surface area contributed by atoms with Gasteiger partial charge in [-0.3, -0.25) is 0 Å². The number of aromatic nitrogens is 2. The van der Waals surface area contributed by atoms with Crippen molar-refractivity contribution in [2.75, 3.05) is 0 Å². The molecular formula is C28H22N2. The third-order valence-electron chi connectivity index (χ3n) is 6.56. The molecular weight excluding hydrogens is 364 g/mol. The molecule has 0 bridgehead atoms. The highest BCUT2D eigenvalue weighted by Gasteiger charge is 2.35. The highest BCUT2D eigenvalue weighted by atomic mass is 14.9. The quantitative estimate of drug-likeness (QED) is 0.288. The zero-order valence-corrected chi connectivity index (χ0v) is 17.4. The average molecular weight is 386 g/mol. The van der Waals surface area contributed by atoms with Gasteiger partial charge in [0.2, 0.25) is 0 Å². The maximum atomic E-state index is 4.89. The van der Waals surface area contributed by atoms with Gasteiger partial charge < -0.3 is 0 Å². The van der Waals surface area contributed by atoms with Gasteiger partial charge in [-0.15, -0.1) is 0 Å². The monoisotopic (exact) mass is 386 g/mol. The Bertz CT molecular complexity index is 1480. The van der Waals surface area contributed by atoms with Crippen LogP contribution in [0.1, 0.15) is 30.8 Å². The van der Waals surface area contributed by atoms with Crippen molar-refractivity contribution in [3.8, 4) is 22.4 Å². The number of aryl methyl sites for hydroxylation is 1. The molecule has 4 aromatic carbocycles. The Balaban J connectivity index is 1.63. The van der Waals surface area contributed by atoms with E-state index in [1.54, 1.807) is 0 Å². The molecule has 0 saturated carbocycles. The van der Waals surface area contributed by atoms with Crippen molar-refractivity contribution >= 4 is 21.7 Å². The van der Waals surface area contributed by atoms with E-state index in [0.29, 0.717) is 0 Å². The second-order valence-corrected chi connectivity index (χ2v) is 8.73. The molecule has 5 aromatic rings. The first-order chi connectivity index (χ1) is 14.5. The van der Waals surface area contributed by atoms with Gasteiger partial charge in [-0.2, -0.15) is 0 Å². The molecule has 1 aromatic heterocycles. The Hall–Kier alpha value is -3.52. The number of hydrogen-bond acceptors (Lipinski definition) is 2. The predicted octanol–water partition coefficient (Wildman–Crippen LogP) is 7.06. The van der Waals surface area contributed by atoms with Crippen molar-refractivity contribution in [3.63, 3.8) is 0 Å². The lowest BCUT2D eigenvalue weighted by Crippen LogP contribution is -2.15. The Kier molecular flexibility index (Phi) is 3.47. The van der Waals surface area contributed by atoms with E-state index >= 15 is 0 Å². The first-order valence-electron chi connectivity index (χ1n) is 10.4. The molecule has 2 heteroatoms. The molecule has 1 aliphatic rings. The van der Waals surface area contributed by atoms with Gasteiger partial charge in [0.15, 0.2) is 0 Å². The van der Waals surface area contributed by atoms with Crippen LogP contribution >= 0.6 is 0 Å². The van der Waals surface area contributed by atoms with Crippen LogP contribution in [0.2, 0.25) is 0 Å². The predicted molar refractivity (Wildman–Crippen MR) is 125 cm³/mol. The van der Waals surface area contributed by atoms with Gasteiger partial charge in [0.1, 0.15) is 5.82 Å². The summed E-state index contributed by atoms with van der Waals surface area (Å²) in [4.78, 5) is 9.70. The Morgan fingerprint density at radius 2 is 1.43 bits per heavy atom. The minimum atomic E-state index is -0.0213. The van der Waals surface area contributed by atoms with E-state index in [1.807, 2.05) is 6.92 Å². The van der Waals surface area contributed by atoms with Crippen LogP contribution in [0.15, 0.2) is 78.9 Å². The molecule has 1 aliphatic carbocycles. The van der Waals surface area contributed by atoms with E-state index < -0.39 is 0 Å². The van der Waals surface area contributed by atoms with Crippen LogP contribution in [0, 0.1) is 6.92 Å². The number of benzene rings is 4. The van der Waals surface area contributed by atoms with Crippen LogP contribution in [-0.2, 0) is 5.41 Å². The number of fused-ring (bicyclic) bond motifs is 6. The summed E-state index contributed by atoms with van der Waals surface area (Å²) >= 11 is 0. The first-order valence-corrected chi connectivity index (χ1v) is 10.4. The van der Waals surface area contributed by atoms with E-state index in [2.05, 4.69) is 92.7 Å². The molecule has 0 saturated heterocycles. The van der Waals surface area contributed by atoms with Crippen LogP contribution < -0.4 is 0 Å². The van der Waals surface area contributed by atoms with Crippen LogP contribution in [0.5, 0.6) is 0 Å². The highest BCUT2D eigenvalue weighted by molar-refractivity contribution is 6.09. The zero-order chi connectivity index (χ0) is 20.5. The standard InChI is InChI=1S/C28H22N2/c1-17-29-26(23-15-12-18-8-4-5-9-20(18)27(23)30-17)19-13-14-22-21-10-6-7-11-24(21)28(2,3)25(22)16-19/h4-16H,1-3H3. The molecule has 144 valence electrons. The summed E-state index contributed by atoms with van der Waals surface area (Å²) in [7, 11) is 0. The molecule has 2 nitrogen and oxygen atoms in total. The summed E-state index contributed by atoms with van der Waals surface area (Å²) in [5.41, 5.74) is 8.61. The lowest BCUT2D eigenvalue weighted by molar-refractivity contribution is 0.660. The molecule has 0 aliphatic heterocycles. The summed E-state index contributed by atoms with van der Waals surface area (Å²) in [5.74, 6) is 0.803. The van der Waals surface area contributed by atoms with Crippen LogP contribution in [-0.4, -0.2) is 9.97 Å². The SMILES string of the molecule is Cc1nc(-c2ccc3c(c2)C(C)(C)c2ccccc2-3)c2ccc3ccccc3c2n1.